The number of hydrogen-bond donors (Lipinski definition) is 1. The third kappa shape index (κ3) is 2.30. The van der Waals surface area contributed by atoms with Crippen molar-refractivity contribution in [2.45, 2.75) is 18.6 Å². The fraction of sp³-hybridized carbons (Fsp3) is 0.333. The fourth-order valence-electron chi connectivity index (χ4n) is 3.81. The van der Waals surface area contributed by atoms with Crippen LogP contribution in [0.4, 0.5) is 11.4 Å². The van der Waals surface area contributed by atoms with Crippen LogP contribution in [0.5, 0.6) is 5.75 Å². The van der Waals surface area contributed by atoms with Gasteiger partial charge in [0.15, 0.2) is 0 Å². The second-order valence-electron chi connectivity index (χ2n) is 6.14. The number of nitrogens with zero attached hydrogens (tertiary/aromatic N) is 1. The molecule has 3 atom stereocenters. The smallest absolute Gasteiger partial charge is 0.270 e. The van der Waals surface area contributed by atoms with E-state index >= 15 is 0 Å². The Kier molecular flexibility index (Phi) is 3.61. The van der Waals surface area contributed by atoms with Gasteiger partial charge in [0.05, 0.1) is 24.2 Å². The first-order valence-electron chi connectivity index (χ1n) is 7.98. The van der Waals surface area contributed by atoms with E-state index in [1.807, 2.05) is 18.2 Å². The van der Waals surface area contributed by atoms with Gasteiger partial charge >= 0.3 is 0 Å². The molecule has 0 aliphatic carbocycles. The van der Waals surface area contributed by atoms with Crippen LogP contribution in [0.15, 0.2) is 42.5 Å². The van der Waals surface area contributed by atoms with Crippen molar-refractivity contribution in [3.63, 3.8) is 0 Å². The molecule has 1 fully saturated rings. The van der Waals surface area contributed by atoms with E-state index < -0.39 is 0 Å². The number of nitro benzene ring substituents is 1. The van der Waals surface area contributed by atoms with Crippen molar-refractivity contribution >= 4 is 11.4 Å². The largest absolute Gasteiger partial charge is 0.496 e. The standard InChI is InChI=1S/C18H18N2O4/c1-23-16-7-6-11(20(21)22)10-14(16)17-13-8-9-24-18(13)12-4-2-3-5-15(12)19-17/h2-7,10,13,17-19H,8-9H2,1H3/t13-,17-,18+/m1/s1. The minimum absolute atomic E-state index is 0.0106. The molecule has 6 nitrogen and oxygen atoms in total. The van der Waals surface area contributed by atoms with Gasteiger partial charge in [0.2, 0.25) is 0 Å². The lowest BCUT2D eigenvalue weighted by molar-refractivity contribution is -0.385. The summed E-state index contributed by atoms with van der Waals surface area (Å²) in [5.74, 6) is 0.874. The Hall–Kier alpha value is -2.60. The number of para-hydroxylation sites is 1. The zero-order valence-electron chi connectivity index (χ0n) is 13.3. The van der Waals surface area contributed by atoms with Crippen molar-refractivity contribution in [2.75, 3.05) is 19.0 Å². The number of nitro groups is 1. The summed E-state index contributed by atoms with van der Waals surface area (Å²) in [5.41, 5.74) is 3.04. The highest BCUT2D eigenvalue weighted by Crippen LogP contribution is 2.51. The van der Waals surface area contributed by atoms with Gasteiger partial charge in [0.1, 0.15) is 5.75 Å². The van der Waals surface area contributed by atoms with E-state index in [-0.39, 0.29) is 28.7 Å². The summed E-state index contributed by atoms with van der Waals surface area (Å²) in [6.07, 6.45) is 0.916. The molecular weight excluding hydrogens is 308 g/mol. The molecule has 0 aromatic heterocycles. The molecule has 2 aromatic rings. The van der Waals surface area contributed by atoms with E-state index in [1.54, 1.807) is 19.2 Å². The van der Waals surface area contributed by atoms with Gasteiger partial charge in [-0.15, -0.1) is 0 Å². The van der Waals surface area contributed by atoms with Crippen molar-refractivity contribution in [2.24, 2.45) is 5.92 Å². The lowest BCUT2D eigenvalue weighted by Gasteiger charge is -2.36. The highest BCUT2D eigenvalue weighted by molar-refractivity contribution is 5.59. The summed E-state index contributed by atoms with van der Waals surface area (Å²) in [6, 6.07) is 12.7. The zero-order chi connectivity index (χ0) is 16.7. The van der Waals surface area contributed by atoms with Crippen molar-refractivity contribution in [1.29, 1.82) is 0 Å². The predicted molar refractivity (Wildman–Crippen MR) is 89.3 cm³/mol. The SMILES string of the molecule is COc1ccc([N+](=O)[O-])cc1[C@@H]1Nc2ccccc2[C@@H]2OCC[C@H]12. The van der Waals surface area contributed by atoms with Gasteiger partial charge in [-0.2, -0.15) is 0 Å². The number of methoxy groups -OCH3 is 1. The monoisotopic (exact) mass is 326 g/mol. The summed E-state index contributed by atoms with van der Waals surface area (Å²) in [4.78, 5) is 10.8. The molecule has 24 heavy (non-hydrogen) atoms. The molecule has 0 amide bonds. The Bertz CT molecular complexity index is 792. The lowest BCUT2D eigenvalue weighted by Crippen LogP contribution is -2.29. The van der Waals surface area contributed by atoms with Crippen LogP contribution in [-0.4, -0.2) is 18.6 Å². The quantitative estimate of drug-likeness (QED) is 0.685. The molecule has 2 heterocycles. The fourth-order valence-corrected chi connectivity index (χ4v) is 3.81. The molecule has 124 valence electrons. The normalized spacial score (nSPS) is 24.6. The van der Waals surface area contributed by atoms with E-state index in [0.29, 0.717) is 12.4 Å². The first-order chi connectivity index (χ1) is 11.7. The summed E-state index contributed by atoms with van der Waals surface area (Å²) in [6.45, 7) is 0.694. The van der Waals surface area contributed by atoms with Gasteiger partial charge in [-0.1, -0.05) is 18.2 Å². The summed E-state index contributed by atoms with van der Waals surface area (Å²) < 4.78 is 11.4. The minimum Gasteiger partial charge on any atom is -0.496 e. The van der Waals surface area contributed by atoms with Crippen LogP contribution in [0.25, 0.3) is 0 Å². The molecule has 2 aromatic carbocycles. The Morgan fingerprint density at radius 1 is 1.25 bits per heavy atom. The Balaban J connectivity index is 1.82. The van der Waals surface area contributed by atoms with Crippen LogP contribution in [0, 0.1) is 16.0 Å². The molecule has 0 radical (unpaired) electrons. The molecular formula is C18H18N2O4. The zero-order valence-corrected chi connectivity index (χ0v) is 13.3. The molecule has 2 aliphatic heterocycles. The maximum Gasteiger partial charge on any atom is 0.270 e. The second-order valence-corrected chi connectivity index (χ2v) is 6.14. The average molecular weight is 326 g/mol. The molecule has 2 aliphatic rings. The number of hydrogen-bond acceptors (Lipinski definition) is 5. The third-order valence-corrected chi connectivity index (χ3v) is 4.90. The van der Waals surface area contributed by atoms with Crippen LogP contribution >= 0.6 is 0 Å². The average Bonchev–Trinajstić information content (AvgIpc) is 3.10. The number of benzene rings is 2. The number of anilines is 1. The third-order valence-electron chi connectivity index (χ3n) is 4.90. The molecule has 6 heteroatoms. The summed E-state index contributed by atoms with van der Waals surface area (Å²) in [5, 5.41) is 14.7. The van der Waals surface area contributed by atoms with Crippen LogP contribution in [-0.2, 0) is 4.74 Å². The van der Waals surface area contributed by atoms with E-state index in [0.717, 1.165) is 23.2 Å². The number of non-ortho nitro benzene ring substituents is 1. The van der Waals surface area contributed by atoms with E-state index in [9.17, 15) is 10.1 Å². The number of fused-ring (bicyclic) bond motifs is 3. The minimum atomic E-state index is -0.373. The topological polar surface area (TPSA) is 73.6 Å². The molecule has 0 bridgehead atoms. The van der Waals surface area contributed by atoms with E-state index in [4.69, 9.17) is 9.47 Å². The predicted octanol–water partition coefficient (Wildman–Crippen LogP) is 3.85. The number of nitrogens with one attached hydrogen (secondary N) is 1. The van der Waals surface area contributed by atoms with Crippen LogP contribution < -0.4 is 10.1 Å². The van der Waals surface area contributed by atoms with Gasteiger partial charge in [-0.05, 0) is 18.6 Å². The number of ether oxygens (including phenoxy) is 2. The maximum atomic E-state index is 11.2. The van der Waals surface area contributed by atoms with Crippen LogP contribution in [0.2, 0.25) is 0 Å². The molecule has 4 rings (SSSR count). The van der Waals surface area contributed by atoms with E-state index in [2.05, 4.69) is 11.4 Å². The van der Waals surface area contributed by atoms with Crippen molar-refractivity contribution in [3.05, 3.63) is 63.7 Å². The van der Waals surface area contributed by atoms with Gasteiger partial charge in [0.25, 0.3) is 5.69 Å². The highest BCUT2D eigenvalue weighted by Gasteiger charge is 2.42. The second kappa shape index (κ2) is 5.79. The molecule has 0 unspecified atom stereocenters. The maximum absolute atomic E-state index is 11.2. The number of rotatable bonds is 3. The Labute approximate surface area is 139 Å². The molecule has 1 saturated heterocycles. The highest BCUT2D eigenvalue weighted by atomic mass is 16.6. The van der Waals surface area contributed by atoms with Crippen molar-refractivity contribution < 1.29 is 14.4 Å². The van der Waals surface area contributed by atoms with Crippen LogP contribution in [0.1, 0.15) is 29.7 Å². The Morgan fingerprint density at radius 2 is 2.08 bits per heavy atom. The molecule has 0 spiro atoms. The Morgan fingerprint density at radius 3 is 2.88 bits per heavy atom. The van der Waals surface area contributed by atoms with Crippen molar-refractivity contribution in [3.8, 4) is 5.75 Å². The van der Waals surface area contributed by atoms with Gasteiger partial charge in [-0.25, -0.2) is 0 Å². The lowest BCUT2D eigenvalue weighted by atomic mass is 9.80. The van der Waals surface area contributed by atoms with Crippen LogP contribution in [0.3, 0.4) is 0 Å². The first-order valence-corrected chi connectivity index (χ1v) is 7.98. The van der Waals surface area contributed by atoms with Gasteiger partial charge in [-0.3, -0.25) is 10.1 Å². The van der Waals surface area contributed by atoms with E-state index in [1.165, 1.54) is 6.07 Å². The first kappa shape index (κ1) is 15.0. The summed E-state index contributed by atoms with van der Waals surface area (Å²) >= 11 is 0. The summed E-state index contributed by atoms with van der Waals surface area (Å²) in [7, 11) is 1.59. The van der Waals surface area contributed by atoms with Gasteiger partial charge in [0, 0.05) is 41.5 Å². The molecule has 1 N–H and O–H groups in total. The van der Waals surface area contributed by atoms with Gasteiger partial charge < -0.3 is 14.8 Å². The molecule has 0 saturated carbocycles. The van der Waals surface area contributed by atoms with Crippen molar-refractivity contribution in [1.82, 2.24) is 0 Å².